The van der Waals surface area contributed by atoms with Crippen molar-refractivity contribution in [3.8, 4) is 0 Å². The summed E-state index contributed by atoms with van der Waals surface area (Å²) in [4.78, 5) is 12.6. The van der Waals surface area contributed by atoms with E-state index in [1.54, 1.807) is 11.4 Å². The Labute approximate surface area is 114 Å². The van der Waals surface area contributed by atoms with Gasteiger partial charge in [-0.25, -0.2) is 4.79 Å². The Morgan fingerprint density at radius 2 is 2.11 bits per heavy atom. The molecule has 0 spiro atoms. The molecule has 0 saturated heterocycles. The Hall–Kier alpha value is -1.52. The summed E-state index contributed by atoms with van der Waals surface area (Å²) in [6.45, 7) is 1.94. The largest absolute Gasteiger partial charge is 0.465 e. The van der Waals surface area contributed by atoms with E-state index in [1.165, 1.54) is 18.4 Å². The molecule has 1 aromatic heterocycles. The van der Waals surface area contributed by atoms with Crippen molar-refractivity contribution in [3.63, 3.8) is 0 Å². The Bertz CT molecular complexity index is 580. The number of carbonyl (C=O) groups excluding carboxylic acids is 1. The fourth-order valence-electron chi connectivity index (χ4n) is 1.57. The summed E-state index contributed by atoms with van der Waals surface area (Å²) in [6, 6.07) is 7.40. The highest BCUT2D eigenvalue weighted by Gasteiger charge is 2.16. The lowest BCUT2D eigenvalue weighted by molar-refractivity contribution is 0.0602. The van der Waals surface area contributed by atoms with E-state index in [0.29, 0.717) is 10.6 Å². The summed E-state index contributed by atoms with van der Waals surface area (Å²) in [5.74, 6) is -0.353. The Morgan fingerprint density at radius 3 is 2.78 bits per heavy atom. The number of hydrogen-bond acceptors (Lipinski definition) is 4. The average molecular weight is 282 g/mol. The molecule has 0 bridgehead atoms. The smallest absolute Gasteiger partial charge is 0.340 e. The van der Waals surface area contributed by atoms with Crippen molar-refractivity contribution >= 4 is 40.3 Å². The van der Waals surface area contributed by atoms with Crippen LogP contribution in [0.5, 0.6) is 0 Å². The number of thiophene rings is 1. The molecule has 1 aromatic carbocycles. The lowest BCUT2D eigenvalue weighted by Crippen LogP contribution is -2.04. The van der Waals surface area contributed by atoms with E-state index in [-0.39, 0.29) is 5.97 Å². The van der Waals surface area contributed by atoms with E-state index < -0.39 is 0 Å². The standard InChI is InChI=1S/C13H12ClNO2S/c1-8-12(9(7-18-8)13(16)17-2)15-11-6-4-3-5-10(11)14/h3-7,15H,1-2H3. The molecule has 94 valence electrons. The van der Waals surface area contributed by atoms with E-state index >= 15 is 0 Å². The van der Waals surface area contributed by atoms with Crippen LogP contribution in [0.4, 0.5) is 11.4 Å². The van der Waals surface area contributed by atoms with Crippen LogP contribution in [-0.4, -0.2) is 13.1 Å². The molecule has 5 heteroatoms. The molecule has 2 rings (SSSR count). The van der Waals surface area contributed by atoms with Crippen molar-refractivity contribution in [3.05, 3.63) is 45.1 Å². The Balaban J connectivity index is 2.37. The third-order valence-corrected chi connectivity index (χ3v) is 3.75. The Morgan fingerprint density at radius 1 is 1.39 bits per heavy atom. The number of hydrogen-bond donors (Lipinski definition) is 1. The second kappa shape index (κ2) is 5.42. The number of carbonyl (C=O) groups is 1. The molecule has 18 heavy (non-hydrogen) atoms. The van der Waals surface area contributed by atoms with Gasteiger partial charge < -0.3 is 10.1 Å². The predicted molar refractivity (Wildman–Crippen MR) is 75.1 cm³/mol. The van der Waals surface area contributed by atoms with Crippen LogP contribution in [0.2, 0.25) is 5.02 Å². The molecular weight excluding hydrogens is 270 g/mol. The normalized spacial score (nSPS) is 10.2. The molecule has 0 atom stereocenters. The van der Waals surface area contributed by atoms with Crippen LogP contribution in [0.3, 0.4) is 0 Å². The molecule has 1 N–H and O–H groups in total. The first-order valence-electron chi connectivity index (χ1n) is 5.31. The van der Waals surface area contributed by atoms with Gasteiger partial charge in [-0.05, 0) is 19.1 Å². The zero-order valence-electron chi connectivity index (χ0n) is 9.99. The maximum absolute atomic E-state index is 11.6. The zero-order valence-corrected chi connectivity index (χ0v) is 11.6. The molecule has 1 heterocycles. The van der Waals surface area contributed by atoms with E-state index in [1.807, 2.05) is 25.1 Å². The molecule has 0 amide bonds. The number of nitrogens with one attached hydrogen (secondary N) is 1. The molecule has 0 aliphatic heterocycles. The van der Waals surface area contributed by atoms with Gasteiger partial charge in [0.1, 0.15) is 0 Å². The van der Waals surface area contributed by atoms with Gasteiger partial charge in [0.25, 0.3) is 0 Å². The highest BCUT2D eigenvalue weighted by atomic mass is 35.5. The topological polar surface area (TPSA) is 38.3 Å². The van der Waals surface area contributed by atoms with Gasteiger partial charge in [0.05, 0.1) is 29.1 Å². The first-order valence-corrected chi connectivity index (χ1v) is 6.57. The second-order valence-electron chi connectivity index (χ2n) is 3.68. The summed E-state index contributed by atoms with van der Waals surface area (Å²) in [5, 5.41) is 5.57. The monoisotopic (exact) mass is 281 g/mol. The molecule has 0 saturated carbocycles. The van der Waals surface area contributed by atoms with Crippen LogP contribution < -0.4 is 5.32 Å². The second-order valence-corrected chi connectivity index (χ2v) is 5.17. The summed E-state index contributed by atoms with van der Waals surface area (Å²) in [7, 11) is 1.37. The number of benzene rings is 1. The first kappa shape index (κ1) is 12.9. The van der Waals surface area contributed by atoms with Gasteiger partial charge in [-0.1, -0.05) is 23.7 Å². The van der Waals surface area contributed by atoms with Crippen LogP contribution in [-0.2, 0) is 4.74 Å². The highest BCUT2D eigenvalue weighted by Crippen LogP contribution is 2.33. The first-order chi connectivity index (χ1) is 8.63. The number of anilines is 2. The molecule has 0 aliphatic rings. The third-order valence-electron chi connectivity index (χ3n) is 2.51. The molecule has 0 fully saturated rings. The van der Waals surface area contributed by atoms with E-state index in [4.69, 9.17) is 16.3 Å². The lowest BCUT2D eigenvalue weighted by atomic mass is 10.2. The third kappa shape index (κ3) is 2.49. The van der Waals surface area contributed by atoms with Gasteiger partial charge in [-0.2, -0.15) is 0 Å². The summed E-state index contributed by atoms with van der Waals surface area (Å²) in [5.41, 5.74) is 2.05. The average Bonchev–Trinajstić information content (AvgIpc) is 2.73. The van der Waals surface area contributed by atoms with Crippen LogP contribution in [0.25, 0.3) is 0 Å². The van der Waals surface area contributed by atoms with Gasteiger partial charge in [0.15, 0.2) is 0 Å². The van der Waals surface area contributed by atoms with Crippen molar-refractivity contribution in [1.82, 2.24) is 0 Å². The molecule has 2 aromatic rings. The minimum Gasteiger partial charge on any atom is -0.465 e. The van der Waals surface area contributed by atoms with Gasteiger partial charge >= 0.3 is 5.97 Å². The maximum atomic E-state index is 11.6. The number of para-hydroxylation sites is 1. The maximum Gasteiger partial charge on any atom is 0.340 e. The predicted octanol–water partition coefficient (Wildman–Crippen LogP) is 4.24. The molecule has 0 radical (unpaired) electrons. The number of esters is 1. The quantitative estimate of drug-likeness (QED) is 0.855. The fraction of sp³-hybridized carbons (Fsp3) is 0.154. The highest BCUT2D eigenvalue weighted by molar-refractivity contribution is 7.10. The van der Waals surface area contributed by atoms with Crippen LogP contribution in [0, 0.1) is 6.92 Å². The number of rotatable bonds is 3. The fourth-order valence-corrected chi connectivity index (χ4v) is 2.54. The number of ether oxygens (including phenoxy) is 1. The SMILES string of the molecule is COC(=O)c1csc(C)c1Nc1ccccc1Cl. The van der Waals surface area contributed by atoms with Crippen molar-refractivity contribution in [2.45, 2.75) is 6.92 Å². The lowest BCUT2D eigenvalue weighted by Gasteiger charge is -2.09. The molecule has 0 unspecified atom stereocenters. The van der Waals surface area contributed by atoms with Crippen LogP contribution >= 0.6 is 22.9 Å². The van der Waals surface area contributed by atoms with Crippen molar-refractivity contribution < 1.29 is 9.53 Å². The number of halogens is 1. The van der Waals surface area contributed by atoms with E-state index in [9.17, 15) is 4.79 Å². The van der Waals surface area contributed by atoms with Gasteiger partial charge in [0.2, 0.25) is 0 Å². The number of methoxy groups -OCH3 is 1. The number of aryl methyl sites for hydroxylation is 1. The minimum atomic E-state index is -0.353. The van der Waals surface area contributed by atoms with Crippen molar-refractivity contribution in [2.75, 3.05) is 12.4 Å². The Kier molecular flexibility index (Phi) is 3.89. The molecular formula is C13H12ClNO2S. The minimum absolute atomic E-state index is 0.353. The van der Waals surface area contributed by atoms with Crippen LogP contribution in [0.15, 0.2) is 29.6 Å². The summed E-state index contributed by atoms with van der Waals surface area (Å²) < 4.78 is 4.75. The van der Waals surface area contributed by atoms with E-state index in [0.717, 1.165) is 16.3 Å². The van der Waals surface area contributed by atoms with Gasteiger partial charge in [-0.15, -0.1) is 11.3 Å². The van der Waals surface area contributed by atoms with Crippen molar-refractivity contribution in [1.29, 1.82) is 0 Å². The summed E-state index contributed by atoms with van der Waals surface area (Å²) in [6.07, 6.45) is 0. The van der Waals surface area contributed by atoms with Crippen molar-refractivity contribution in [2.24, 2.45) is 0 Å². The van der Waals surface area contributed by atoms with Crippen LogP contribution in [0.1, 0.15) is 15.2 Å². The van der Waals surface area contributed by atoms with Gasteiger partial charge in [0, 0.05) is 10.3 Å². The summed E-state index contributed by atoms with van der Waals surface area (Å²) >= 11 is 7.58. The molecule has 0 aliphatic carbocycles. The van der Waals surface area contributed by atoms with Gasteiger partial charge in [-0.3, -0.25) is 0 Å². The van der Waals surface area contributed by atoms with E-state index in [2.05, 4.69) is 5.32 Å². The zero-order chi connectivity index (χ0) is 13.1. The molecule has 3 nitrogen and oxygen atoms in total.